The summed E-state index contributed by atoms with van der Waals surface area (Å²) in [5, 5.41) is 7.94. The third kappa shape index (κ3) is 3.03. The molecule has 0 aliphatic carbocycles. The third-order valence-electron chi connectivity index (χ3n) is 4.13. The van der Waals surface area contributed by atoms with E-state index >= 15 is 0 Å². The van der Waals surface area contributed by atoms with Gasteiger partial charge in [-0.3, -0.25) is 9.67 Å². The summed E-state index contributed by atoms with van der Waals surface area (Å²) in [5.74, 6) is 0. The van der Waals surface area contributed by atoms with Crippen molar-refractivity contribution in [2.75, 3.05) is 0 Å². The third-order valence-corrected chi connectivity index (χ3v) is 5.75. The lowest BCUT2D eigenvalue weighted by molar-refractivity contribution is -0.137. The van der Waals surface area contributed by atoms with Crippen LogP contribution >= 0.6 is 0 Å². The van der Waals surface area contributed by atoms with E-state index in [4.69, 9.17) is 0 Å². The highest BCUT2D eigenvalue weighted by Gasteiger charge is 2.31. The minimum absolute atomic E-state index is 0.209. The molecule has 0 aliphatic heterocycles. The van der Waals surface area contributed by atoms with Crippen molar-refractivity contribution in [3.05, 3.63) is 60.7 Å². The zero-order chi connectivity index (χ0) is 20.1. The number of halogens is 3. The van der Waals surface area contributed by atoms with Crippen LogP contribution in [0, 0.1) is 0 Å². The summed E-state index contributed by atoms with van der Waals surface area (Å²) in [5.41, 5.74) is 0.975. The zero-order valence-electron chi connectivity index (χ0n) is 14.3. The van der Waals surface area contributed by atoms with Crippen molar-refractivity contribution >= 4 is 21.1 Å². The highest BCUT2D eigenvalue weighted by Crippen LogP contribution is 2.30. The van der Waals surface area contributed by atoms with Crippen LogP contribution in [-0.2, 0) is 23.2 Å². The van der Waals surface area contributed by atoms with Crippen molar-refractivity contribution < 1.29 is 21.6 Å². The fraction of sp³-hybridized carbons (Fsp3) is 0.118. The molecule has 0 saturated carbocycles. The van der Waals surface area contributed by atoms with Crippen molar-refractivity contribution in [3.63, 3.8) is 0 Å². The molecule has 0 N–H and O–H groups in total. The number of hydrogen-bond donors (Lipinski definition) is 0. The summed E-state index contributed by atoms with van der Waals surface area (Å²) in [6.07, 6.45) is 1.64. The molecule has 11 heteroatoms. The average molecular weight is 407 g/mol. The molecule has 0 atom stereocenters. The van der Waals surface area contributed by atoms with E-state index < -0.39 is 21.8 Å². The van der Waals surface area contributed by atoms with Crippen molar-refractivity contribution in [1.29, 1.82) is 0 Å². The second kappa shape index (κ2) is 6.16. The van der Waals surface area contributed by atoms with E-state index in [2.05, 4.69) is 15.2 Å². The Kier molecular flexibility index (Phi) is 4.00. The van der Waals surface area contributed by atoms with Crippen molar-refractivity contribution in [2.45, 2.75) is 11.1 Å². The van der Waals surface area contributed by atoms with E-state index in [0.717, 1.165) is 33.9 Å². The van der Waals surface area contributed by atoms with E-state index in [9.17, 15) is 21.6 Å². The number of aryl methyl sites for hydroxylation is 1. The van der Waals surface area contributed by atoms with Gasteiger partial charge in [0.05, 0.1) is 22.9 Å². The van der Waals surface area contributed by atoms with Crippen molar-refractivity contribution in [2.24, 2.45) is 7.05 Å². The van der Waals surface area contributed by atoms with Gasteiger partial charge in [0.1, 0.15) is 11.0 Å². The summed E-state index contributed by atoms with van der Waals surface area (Å²) in [7, 11) is -2.46. The quantitative estimate of drug-likeness (QED) is 0.521. The van der Waals surface area contributed by atoms with E-state index in [1.165, 1.54) is 6.20 Å². The fourth-order valence-corrected chi connectivity index (χ4v) is 3.98. The van der Waals surface area contributed by atoms with Gasteiger partial charge in [-0.25, -0.2) is 0 Å². The molecule has 0 bridgehead atoms. The number of alkyl halides is 3. The molecule has 144 valence electrons. The van der Waals surface area contributed by atoms with Crippen LogP contribution in [0.2, 0.25) is 0 Å². The van der Waals surface area contributed by atoms with Gasteiger partial charge in [-0.05, 0) is 30.3 Å². The van der Waals surface area contributed by atoms with Crippen LogP contribution in [0.15, 0.2) is 60.0 Å². The Balaban J connectivity index is 1.81. The summed E-state index contributed by atoms with van der Waals surface area (Å²) >= 11 is 0. The van der Waals surface area contributed by atoms with Gasteiger partial charge in [0, 0.05) is 30.6 Å². The monoisotopic (exact) mass is 407 g/mol. The van der Waals surface area contributed by atoms with Gasteiger partial charge in [0.25, 0.3) is 10.0 Å². The van der Waals surface area contributed by atoms with Gasteiger partial charge in [0.15, 0.2) is 0 Å². The normalized spacial score (nSPS) is 12.6. The van der Waals surface area contributed by atoms with Gasteiger partial charge in [0.2, 0.25) is 0 Å². The van der Waals surface area contributed by atoms with Gasteiger partial charge < -0.3 is 0 Å². The Morgan fingerprint density at radius 1 is 0.964 bits per heavy atom. The zero-order valence-corrected chi connectivity index (χ0v) is 15.1. The number of fused-ring (bicyclic) bond motifs is 1. The molecule has 28 heavy (non-hydrogen) atoms. The SMILES string of the molecule is Cn1cc(-c2cnc3cnn(S(=O)(=O)c4ccc(C(F)(F)F)cc4)c3c2)cn1. The Hall–Kier alpha value is -3.21. The van der Waals surface area contributed by atoms with Gasteiger partial charge in [-0.1, -0.05) is 0 Å². The van der Waals surface area contributed by atoms with Gasteiger partial charge in [-0.2, -0.15) is 35.9 Å². The fourth-order valence-electron chi connectivity index (χ4n) is 2.72. The first kappa shape index (κ1) is 18.2. The second-order valence-electron chi connectivity index (χ2n) is 6.05. The summed E-state index contributed by atoms with van der Waals surface area (Å²) < 4.78 is 66.3. The highest BCUT2D eigenvalue weighted by atomic mass is 32.2. The smallest absolute Gasteiger partial charge is 0.275 e. The van der Waals surface area contributed by atoms with E-state index in [-0.39, 0.29) is 10.4 Å². The van der Waals surface area contributed by atoms with Crippen LogP contribution < -0.4 is 0 Å². The van der Waals surface area contributed by atoms with Crippen molar-refractivity contribution in [3.8, 4) is 11.1 Å². The number of pyridine rings is 1. The standard InChI is InChI=1S/C17H12F3N5O2S/c1-24-10-12(8-22-24)11-6-16-15(21-7-11)9-23-25(16)28(26,27)14-4-2-13(3-5-14)17(18,19)20/h2-10H,1H3. The summed E-state index contributed by atoms with van der Waals surface area (Å²) in [4.78, 5) is 3.90. The summed E-state index contributed by atoms with van der Waals surface area (Å²) in [6, 6.07) is 4.85. The van der Waals surface area contributed by atoms with E-state index in [1.54, 1.807) is 36.4 Å². The average Bonchev–Trinajstić information content (AvgIpc) is 3.27. The molecule has 4 rings (SSSR count). The van der Waals surface area contributed by atoms with E-state index in [1.807, 2.05) is 0 Å². The molecule has 0 spiro atoms. The Bertz CT molecular complexity index is 1270. The maximum atomic E-state index is 12.9. The first-order valence-corrected chi connectivity index (χ1v) is 9.36. The number of benzene rings is 1. The molecule has 0 radical (unpaired) electrons. The lowest BCUT2D eigenvalue weighted by Crippen LogP contribution is -2.15. The van der Waals surface area contributed by atoms with Gasteiger partial charge in [-0.15, -0.1) is 0 Å². The first-order valence-electron chi connectivity index (χ1n) is 7.92. The number of aromatic nitrogens is 5. The molecule has 0 amide bonds. The first-order chi connectivity index (χ1) is 13.2. The molecule has 1 aromatic carbocycles. The van der Waals surface area contributed by atoms with Crippen LogP contribution in [0.3, 0.4) is 0 Å². The maximum Gasteiger partial charge on any atom is 0.416 e. The lowest BCUT2D eigenvalue weighted by atomic mass is 10.1. The molecule has 0 saturated heterocycles. The largest absolute Gasteiger partial charge is 0.416 e. The molecular formula is C17H12F3N5O2S. The molecule has 3 heterocycles. The van der Waals surface area contributed by atoms with Crippen LogP contribution in [0.5, 0.6) is 0 Å². The Labute approximate surface area is 157 Å². The van der Waals surface area contributed by atoms with Crippen LogP contribution in [0.4, 0.5) is 13.2 Å². The van der Waals surface area contributed by atoms with Crippen LogP contribution in [0.1, 0.15) is 5.56 Å². The molecule has 0 unspecified atom stereocenters. The second-order valence-corrected chi connectivity index (χ2v) is 7.81. The number of rotatable bonds is 3. The predicted octanol–water partition coefficient (Wildman–Crippen LogP) is 3.09. The topological polar surface area (TPSA) is 82.7 Å². The van der Waals surface area contributed by atoms with Crippen LogP contribution in [0.25, 0.3) is 22.2 Å². The van der Waals surface area contributed by atoms with Crippen molar-refractivity contribution in [1.82, 2.24) is 24.0 Å². The minimum atomic E-state index is -4.55. The lowest BCUT2D eigenvalue weighted by Gasteiger charge is -2.09. The molecule has 0 aliphatic rings. The number of hydrogen-bond acceptors (Lipinski definition) is 5. The summed E-state index contributed by atoms with van der Waals surface area (Å²) in [6.45, 7) is 0. The van der Waals surface area contributed by atoms with E-state index in [0.29, 0.717) is 11.1 Å². The Morgan fingerprint density at radius 2 is 1.68 bits per heavy atom. The number of nitrogens with zero attached hydrogens (tertiary/aromatic N) is 5. The molecule has 3 aromatic heterocycles. The van der Waals surface area contributed by atoms with Crippen LogP contribution in [-0.4, -0.2) is 32.4 Å². The highest BCUT2D eigenvalue weighted by molar-refractivity contribution is 7.90. The maximum absolute atomic E-state index is 12.9. The predicted molar refractivity (Wildman–Crippen MR) is 93.8 cm³/mol. The molecule has 4 aromatic rings. The molecule has 0 fully saturated rings. The minimum Gasteiger partial charge on any atom is -0.275 e. The Morgan fingerprint density at radius 3 is 2.29 bits per heavy atom. The molecular weight excluding hydrogens is 395 g/mol. The molecule has 7 nitrogen and oxygen atoms in total. The van der Waals surface area contributed by atoms with Gasteiger partial charge >= 0.3 is 6.18 Å².